The first kappa shape index (κ1) is 13.7. The van der Waals surface area contributed by atoms with Crippen LogP contribution in [0.3, 0.4) is 0 Å². The molecule has 2 aromatic rings. The zero-order valence-corrected chi connectivity index (χ0v) is 10.3. The molecule has 5 nitrogen and oxygen atoms in total. The molecular weight excluding hydrogens is 272 g/mol. The second-order valence-corrected chi connectivity index (χ2v) is 3.73. The highest BCUT2D eigenvalue weighted by Gasteiger charge is 2.18. The number of rotatable bonds is 3. The minimum absolute atomic E-state index is 0.0478. The van der Waals surface area contributed by atoms with Crippen LogP contribution in [0.4, 0.5) is 14.5 Å². The average Bonchev–Trinajstić information content (AvgIpc) is 2.95. The molecule has 0 unspecified atom stereocenters. The zero-order chi connectivity index (χ0) is 14.7. The second kappa shape index (κ2) is 5.52. The molecule has 0 radical (unpaired) electrons. The number of hydrogen-bond donors (Lipinski definition) is 1. The number of benzene rings is 1. The van der Waals surface area contributed by atoms with Crippen LogP contribution in [0.1, 0.15) is 20.9 Å². The van der Waals surface area contributed by atoms with E-state index >= 15 is 0 Å². The van der Waals surface area contributed by atoms with E-state index in [1.54, 1.807) is 0 Å². The summed E-state index contributed by atoms with van der Waals surface area (Å²) in [6.45, 7) is 0. The lowest BCUT2D eigenvalue weighted by Crippen LogP contribution is -2.14. The molecule has 0 aliphatic heterocycles. The highest BCUT2D eigenvalue weighted by Crippen LogP contribution is 2.21. The summed E-state index contributed by atoms with van der Waals surface area (Å²) in [5, 5.41) is 2.18. The number of nitrogens with one attached hydrogen (secondary N) is 1. The number of amides is 1. The fourth-order valence-electron chi connectivity index (χ4n) is 1.50. The van der Waals surface area contributed by atoms with E-state index in [9.17, 15) is 18.4 Å². The van der Waals surface area contributed by atoms with Crippen LogP contribution >= 0.6 is 0 Å². The van der Waals surface area contributed by atoms with Gasteiger partial charge in [0.25, 0.3) is 5.91 Å². The second-order valence-electron chi connectivity index (χ2n) is 3.73. The maximum Gasteiger partial charge on any atom is 0.340 e. The standard InChI is InChI=1S/C13H9F2NO4/c1-19-13(18)7-5-10(9(15)6-8(7)14)16-12(17)11-3-2-4-20-11/h2-6H,1H3,(H,16,17). The van der Waals surface area contributed by atoms with Gasteiger partial charge in [0.15, 0.2) is 5.76 Å². The van der Waals surface area contributed by atoms with E-state index in [2.05, 4.69) is 10.1 Å². The smallest absolute Gasteiger partial charge is 0.340 e. The van der Waals surface area contributed by atoms with Gasteiger partial charge in [-0.3, -0.25) is 4.79 Å². The predicted molar refractivity (Wildman–Crippen MR) is 64.4 cm³/mol. The van der Waals surface area contributed by atoms with E-state index in [1.165, 1.54) is 18.4 Å². The largest absolute Gasteiger partial charge is 0.465 e. The molecule has 20 heavy (non-hydrogen) atoms. The number of halogens is 2. The fraction of sp³-hybridized carbons (Fsp3) is 0.0769. The molecule has 0 saturated heterocycles. The zero-order valence-electron chi connectivity index (χ0n) is 10.3. The molecule has 1 N–H and O–H groups in total. The quantitative estimate of drug-likeness (QED) is 0.878. The highest BCUT2D eigenvalue weighted by molar-refractivity contribution is 6.03. The number of carbonyl (C=O) groups is 2. The van der Waals surface area contributed by atoms with Crippen LogP contribution in [0, 0.1) is 11.6 Å². The molecule has 0 saturated carbocycles. The minimum atomic E-state index is -1.08. The van der Waals surface area contributed by atoms with Crippen LogP contribution < -0.4 is 5.32 Å². The Hall–Kier alpha value is -2.70. The molecular formula is C13H9F2NO4. The molecule has 0 atom stereocenters. The van der Waals surface area contributed by atoms with E-state index in [0.29, 0.717) is 6.07 Å². The molecule has 0 spiro atoms. The van der Waals surface area contributed by atoms with Crippen molar-refractivity contribution in [2.75, 3.05) is 12.4 Å². The number of esters is 1. The first-order valence-electron chi connectivity index (χ1n) is 5.45. The summed E-state index contributed by atoms with van der Waals surface area (Å²) in [4.78, 5) is 23.0. The van der Waals surface area contributed by atoms with Crippen LogP contribution in [0.2, 0.25) is 0 Å². The van der Waals surface area contributed by atoms with Crippen molar-refractivity contribution in [2.24, 2.45) is 0 Å². The number of ether oxygens (including phenoxy) is 1. The molecule has 0 bridgehead atoms. The lowest BCUT2D eigenvalue weighted by molar-refractivity contribution is 0.0595. The van der Waals surface area contributed by atoms with Gasteiger partial charge in [-0.05, 0) is 18.2 Å². The summed E-state index contributed by atoms with van der Waals surface area (Å²) < 4.78 is 36.2. The maximum atomic E-state index is 13.6. The van der Waals surface area contributed by atoms with Crippen molar-refractivity contribution in [1.29, 1.82) is 0 Å². The molecule has 1 aromatic heterocycles. The van der Waals surface area contributed by atoms with Crippen LogP contribution in [0.5, 0.6) is 0 Å². The fourth-order valence-corrected chi connectivity index (χ4v) is 1.50. The van der Waals surface area contributed by atoms with Gasteiger partial charge in [-0.25, -0.2) is 13.6 Å². The van der Waals surface area contributed by atoms with Crippen molar-refractivity contribution in [1.82, 2.24) is 0 Å². The van der Waals surface area contributed by atoms with E-state index in [0.717, 1.165) is 13.2 Å². The number of anilines is 1. The molecule has 0 fully saturated rings. The minimum Gasteiger partial charge on any atom is -0.465 e. The van der Waals surface area contributed by atoms with Crippen molar-refractivity contribution in [3.8, 4) is 0 Å². The van der Waals surface area contributed by atoms with Gasteiger partial charge >= 0.3 is 5.97 Å². The molecule has 1 amide bonds. The normalized spacial score (nSPS) is 10.2. The highest BCUT2D eigenvalue weighted by atomic mass is 19.1. The number of methoxy groups -OCH3 is 1. The molecule has 1 heterocycles. The first-order chi connectivity index (χ1) is 9.52. The van der Waals surface area contributed by atoms with Crippen molar-refractivity contribution in [3.63, 3.8) is 0 Å². The van der Waals surface area contributed by atoms with Crippen LogP contribution in [-0.2, 0) is 4.74 Å². The van der Waals surface area contributed by atoms with Gasteiger partial charge in [-0.2, -0.15) is 0 Å². The molecule has 1 aromatic carbocycles. The summed E-state index contributed by atoms with van der Waals surface area (Å²) in [6, 6.07) is 4.20. The van der Waals surface area contributed by atoms with E-state index in [4.69, 9.17) is 4.42 Å². The van der Waals surface area contributed by atoms with E-state index in [-0.39, 0.29) is 11.4 Å². The van der Waals surface area contributed by atoms with Gasteiger partial charge in [0, 0.05) is 6.07 Å². The summed E-state index contributed by atoms with van der Waals surface area (Å²) in [5.41, 5.74) is -0.836. The van der Waals surface area contributed by atoms with Gasteiger partial charge in [-0.1, -0.05) is 0 Å². The van der Waals surface area contributed by atoms with Gasteiger partial charge in [-0.15, -0.1) is 0 Å². The van der Waals surface area contributed by atoms with Crippen LogP contribution in [0.15, 0.2) is 34.9 Å². The average molecular weight is 281 g/mol. The Morgan fingerprint density at radius 2 is 2.00 bits per heavy atom. The van der Waals surface area contributed by atoms with Gasteiger partial charge in [0.05, 0.1) is 24.6 Å². The van der Waals surface area contributed by atoms with E-state index in [1.807, 2.05) is 0 Å². The van der Waals surface area contributed by atoms with Crippen LogP contribution in [0.25, 0.3) is 0 Å². The summed E-state index contributed by atoms with van der Waals surface area (Å²) in [5.74, 6) is -3.85. The monoisotopic (exact) mass is 281 g/mol. The van der Waals surface area contributed by atoms with Crippen molar-refractivity contribution in [2.45, 2.75) is 0 Å². The van der Waals surface area contributed by atoms with Gasteiger partial charge in [0.1, 0.15) is 11.6 Å². The Labute approximate surface area is 112 Å². The number of hydrogen-bond acceptors (Lipinski definition) is 4. The van der Waals surface area contributed by atoms with Crippen molar-refractivity contribution < 1.29 is 27.5 Å². The van der Waals surface area contributed by atoms with E-state index < -0.39 is 29.1 Å². The van der Waals surface area contributed by atoms with Crippen molar-refractivity contribution >= 4 is 17.6 Å². The van der Waals surface area contributed by atoms with Crippen LogP contribution in [-0.4, -0.2) is 19.0 Å². The predicted octanol–water partition coefficient (Wildman–Crippen LogP) is 2.60. The van der Waals surface area contributed by atoms with Crippen molar-refractivity contribution in [3.05, 3.63) is 53.5 Å². The third-order valence-electron chi connectivity index (χ3n) is 2.46. The Bertz CT molecular complexity index is 653. The Balaban J connectivity index is 2.32. The maximum absolute atomic E-state index is 13.6. The molecule has 7 heteroatoms. The lowest BCUT2D eigenvalue weighted by Gasteiger charge is -2.08. The first-order valence-corrected chi connectivity index (χ1v) is 5.45. The number of carbonyl (C=O) groups excluding carboxylic acids is 2. The van der Waals surface area contributed by atoms with Gasteiger partial charge < -0.3 is 14.5 Å². The SMILES string of the molecule is COC(=O)c1cc(NC(=O)c2ccco2)c(F)cc1F. The Kier molecular flexibility index (Phi) is 3.79. The summed E-state index contributed by atoms with van der Waals surface area (Å²) >= 11 is 0. The third kappa shape index (κ3) is 2.66. The molecule has 0 aliphatic carbocycles. The Morgan fingerprint density at radius 1 is 1.25 bits per heavy atom. The summed E-state index contributed by atoms with van der Waals surface area (Å²) in [6.07, 6.45) is 1.27. The van der Waals surface area contributed by atoms with Gasteiger partial charge in [0.2, 0.25) is 0 Å². The Morgan fingerprint density at radius 3 is 2.60 bits per heavy atom. The molecule has 2 rings (SSSR count). The molecule has 104 valence electrons. The topological polar surface area (TPSA) is 68.5 Å². The molecule has 0 aliphatic rings. The number of furan rings is 1. The summed E-state index contributed by atoms with van der Waals surface area (Å²) in [7, 11) is 1.06. The third-order valence-corrected chi connectivity index (χ3v) is 2.46. The lowest BCUT2D eigenvalue weighted by atomic mass is 10.1.